The van der Waals surface area contributed by atoms with Gasteiger partial charge >= 0.3 is 11.0 Å². The van der Waals surface area contributed by atoms with Gasteiger partial charge in [-0.3, -0.25) is 0 Å². The van der Waals surface area contributed by atoms with Crippen molar-refractivity contribution < 1.29 is 80.4 Å². The lowest BCUT2D eigenvalue weighted by Gasteiger charge is -2.27. The zero-order chi connectivity index (χ0) is 47.4. The number of alkyl halides is 6. The average Bonchev–Trinajstić information content (AvgIpc) is 3.24. The lowest BCUT2D eigenvalue weighted by atomic mass is 9.79. The molecule has 4 aromatic heterocycles. The van der Waals surface area contributed by atoms with Crippen molar-refractivity contribution in [3.05, 3.63) is 105 Å². The summed E-state index contributed by atoms with van der Waals surface area (Å²) in [6.07, 6.45) is 12.6. The first-order valence-corrected chi connectivity index (χ1v) is 21.6. The Morgan fingerprint density at radius 2 is 1.09 bits per heavy atom. The smallest absolute Gasteiger partial charge is 0.485 e. The molecule has 0 unspecified atom stereocenters. The highest BCUT2D eigenvalue weighted by Gasteiger charge is 2.38. The van der Waals surface area contributed by atoms with Crippen LogP contribution in [0.25, 0.3) is 46.8 Å². The first-order valence-electron chi connectivity index (χ1n) is 18.7. The third-order valence-electron chi connectivity index (χ3n) is 10.2. The van der Waals surface area contributed by atoms with Crippen LogP contribution in [0.3, 0.4) is 0 Å². The van der Waals surface area contributed by atoms with Crippen molar-refractivity contribution in [1.82, 2.24) is 9.97 Å². The second kappa shape index (κ2) is 19.3. The molecule has 0 atom stereocenters. The molecule has 0 N–H and O–H groups in total. The summed E-state index contributed by atoms with van der Waals surface area (Å²) in [6, 6.07) is 18.7. The molecule has 5 aromatic rings. The lowest BCUT2D eigenvalue weighted by Crippen LogP contribution is -2.45. The van der Waals surface area contributed by atoms with Gasteiger partial charge in [-0.25, -0.2) is 16.8 Å². The summed E-state index contributed by atoms with van der Waals surface area (Å²) in [7, 11) is -5.71. The van der Waals surface area contributed by atoms with Crippen LogP contribution in [0.1, 0.15) is 44.6 Å². The number of hydrogen-bond acceptors (Lipinski definition) is 12. The van der Waals surface area contributed by atoms with Crippen LogP contribution in [-0.4, -0.2) is 75.4 Å². The van der Waals surface area contributed by atoms with Crippen LogP contribution in [0, 0.1) is 13.8 Å². The lowest BCUT2D eigenvalue weighted by molar-refractivity contribution is -0.690. The monoisotopic (exact) mass is 938 g/mol. The van der Waals surface area contributed by atoms with Crippen LogP contribution in [0.5, 0.6) is 23.5 Å². The molecule has 0 fully saturated rings. The minimum atomic E-state index is -6.09. The predicted molar refractivity (Wildman–Crippen MR) is 219 cm³/mol. The molecule has 0 bridgehead atoms. The van der Waals surface area contributed by atoms with E-state index in [1.54, 1.807) is 28.4 Å². The molecule has 0 radical (unpaired) electrons. The molecule has 6 heterocycles. The van der Waals surface area contributed by atoms with E-state index < -0.39 is 31.3 Å². The maximum Gasteiger partial charge on any atom is 0.485 e. The van der Waals surface area contributed by atoms with Gasteiger partial charge in [0.2, 0.25) is 40.6 Å². The predicted octanol–water partition coefficient (Wildman–Crippen LogP) is 6.59. The molecular weight excluding hydrogens is 899 g/mol. The van der Waals surface area contributed by atoms with Gasteiger partial charge in [-0.15, -0.1) is 0 Å². The van der Waals surface area contributed by atoms with Crippen molar-refractivity contribution in [3.8, 4) is 46.0 Å². The first kappa shape index (κ1) is 48.9. The number of fused-ring (bicyclic) bond motifs is 7. The van der Waals surface area contributed by atoms with Gasteiger partial charge < -0.3 is 28.1 Å². The van der Waals surface area contributed by atoms with Gasteiger partial charge in [0.15, 0.2) is 39.5 Å². The minimum Gasteiger partial charge on any atom is -0.741 e. The van der Waals surface area contributed by atoms with E-state index in [-0.39, 0.29) is 0 Å². The Balaban J connectivity index is 0.000000411. The van der Waals surface area contributed by atoms with E-state index in [1.807, 2.05) is 30.3 Å². The van der Waals surface area contributed by atoms with Gasteiger partial charge in [0.1, 0.15) is 0 Å². The fraction of sp³-hybridized carbons (Fsp3) is 0.286. The van der Waals surface area contributed by atoms with E-state index in [0.29, 0.717) is 23.5 Å². The van der Waals surface area contributed by atoms with Gasteiger partial charge in [-0.05, 0) is 72.0 Å². The number of aryl methyl sites for hydroxylation is 1. The average molecular weight is 939 g/mol. The third-order valence-corrected chi connectivity index (χ3v) is 11.3. The number of benzene rings is 1. The molecule has 7 rings (SSSR count). The summed E-state index contributed by atoms with van der Waals surface area (Å²) in [5.41, 5.74) is 3.60. The third kappa shape index (κ3) is 10.8. The molecule has 22 heteroatoms. The van der Waals surface area contributed by atoms with Crippen molar-refractivity contribution in [2.24, 2.45) is 0 Å². The van der Waals surface area contributed by atoms with Crippen LogP contribution in [0.15, 0.2) is 60.8 Å². The fourth-order valence-corrected chi connectivity index (χ4v) is 7.04. The highest BCUT2D eigenvalue weighted by Crippen LogP contribution is 2.43. The Bertz CT molecular complexity index is 2780. The van der Waals surface area contributed by atoms with E-state index in [9.17, 15) is 26.3 Å². The van der Waals surface area contributed by atoms with Crippen molar-refractivity contribution in [2.75, 3.05) is 28.4 Å². The van der Waals surface area contributed by atoms with Crippen LogP contribution < -0.4 is 28.1 Å². The van der Waals surface area contributed by atoms with Gasteiger partial charge in [0, 0.05) is 66.4 Å². The molecule has 342 valence electrons. The summed E-state index contributed by atoms with van der Waals surface area (Å²) < 4.78 is 144. The SMILES string of the molecule is COc1ccc(/C=C/c2cc[n+]3c(c2)-c2c(c(C)c(C)c4c2-c2cccc(/C=C/c5ccc(OC)nc5OC)[n+]2CC4)CC3)c(OC)n1.O=S(=O)([O-])C(F)(F)F.O=S(=O)([O-])C(F)(F)F. The van der Waals surface area contributed by atoms with E-state index in [4.69, 9.17) is 44.9 Å². The van der Waals surface area contributed by atoms with Crippen molar-refractivity contribution in [2.45, 2.75) is 50.8 Å². The van der Waals surface area contributed by atoms with E-state index in [2.05, 4.69) is 87.7 Å². The highest BCUT2D eigenvalue weighted by molar-refractivity contribution is 7.86. The second-order valence-corrected chi connectivity index (χ2v) is 16.6. The Kier molecular flexibility index (Phi) is 14.8. The van der Waals surface area contributed by atoms with Crippen LogP contribution >= 0.6 is 0 Å². The summed E-state index contributed by atoms with van der Waals surface area (Å²) in [5, 5.41) is 0. The number of aromatic nitrogens is 4. The Labute approximate surface area is 364 Å². The first-order chi connectivity index (χ1) is 29.9. The largest absolute Gasteiger partial charge is 0.741 e. The van der Waals surface area contributed by atoms with Gasteiger partial charge in [0.25, 0.3) is 0 Å². The molecule has 14 nitrogen and oxygen atoms in total. The number of rotatable bonds is 8. The number of nitrogens with zero attached hydrogens (tertiary/aromatic N) is 4. The molecule has 2 aliphatic rings. The molecule has 0 amide bonds. The number of halogens is 6. The Hall–Kier alpha value is -6.10. The van der Waals surface area contributed by atoms with E-state index in [0.717, 1.165) is 48.3 Å². The maximum atomic E-state index is 10.7. The summed E-state index contributed by atoms with van der Waals surface area (Å²) >= 11 is 0. The molecule has 0 saturated carbocycles. The van der Waals surface area contributed by atoms with Gasteiger partial charge in [-0.1, -0.05) is 6.08 Å². The zero-order valence-corrected chi connectivity index (χ0v) is 36.5. The topological polar surface area (TPSA) is 185 Å². The van der Waals surface area contributed by atoms with Crippen molar-refractivity contribution in [1.29, 1.82) is 0 Å². The number of methoxy groups -OCH3 is 4. The number of hydrogen-bond donors (Lipinski definition) is 0. The molecular formula is C42H40F6N4O10S2. The van der Waals surface area contributed by atoms with Crippen LogP contribution in [0.2, 0.25) is 0 Å². The molecule has 64 heavy (non-hydrogen) atoms. The summed E-state index contributed by atoms with van der Waals surface area (Å²) in [5.74, 6) is 2.11. The fourth-order valence-electron chi connectivity index (χ4n) is 7.04. The number of ether oxygens (including phenoxy) is 4. The van der Waals surface area contributed by atoms with Crippen molar-refractivity contribution >= 4 is 44.5 Å². The van der Waals surface area contributed by atoms with Gasteiger partial charge in [-0.2, -0.15) is 45.4 Å². The van der Waals surface area contributed by atoms with E-state index in [1.165, 1.54) is 44.8 Å². The Morgan fingerprint density at radius 3 is 1.56 bits per heavy atom. The van der Waals surface area contributed by atoms with Crippen molar-refractivity contribution in [3.63, 3.8) is 0 Å². The van der Waals surface area contributed by atoms with E-state index >= 15 is 0 Å². The molecule has 2 aliphatic heterocycles. The Morgan fingerprint density at radius 1 is 0.625 bits per heavy atom. The maximum absolute atomic E-state index is 10.7. The minimum absolute atomic E-state index is 0.524. The standard InChI is InChI=1S/C40H40N4O4.2CHF3O3S/c1-25-26(2)32-20-23-44-30(15-12-29-14-17-36(46-4)42-40(29)48-6)8-7-9-33(44)37(32)38-31(25)19-22-43-21-18-27(24-34(38)43)10-11-28-13-16-35(45-3)41-39(28)47-5;2*2-1(3,4)8(5,6)7/h7-18,21,24H,19-20,22-23H2,1-6H3;2*(H,5,6,7)/q+2;;/p-2. The molecule has 0 saturated heterocycles. The second-order valence-electron chi connectivity index (χ2n) is 13.9. The normalized spacial score (nSPS) is 13.3. The summed E-state index contributed by atoms with van der Waals surface area (Å²) in [4.78, 5) is 8.90. The molecule has 0 spiro atoms. The molecule has 1 aromatic carbocycles. The molecule has 0 aliphatic carbocycles. The highest BCUT2D eigenvalue weighted by atomic mass is 32.2. The summed E-state index contributed by atoms with van der Waals surface area (Å²) in [6.45, 7) is 6.45. The quantitative estimate of drug-likeness (QED) is 0.0705. The van der Waals surface area contributed by atoms with Gasteiger partial charge in [0.05, 0.1) is 39.6 Å². The zero-order valence-electron chi connectivity index (χ0n) is 34.9. The van der Waals surface area contributed by atoms with Crippen LogP contribution in [0.4, 0.5) is 26.3 Å². The van der Waals surface area contributed by atoms with Crippen LogP contribution in [-0.2, 0) is 46.2 Å². The number of pyridine rings is 4.